The molecular weight excluding hydrogens is 1050 g/mol. The van der Waals surface area contributed by atoms with Crippen molar-refractivity contribution in [1.29, 1.82) is 0 Å². The fraction of sp³-hybridized carbons (Fsp3) is 0.643. The second-order valence-electron chi connectivity index (χ2n) is 27.3. The van der Waals surface area contributed by atoms with Gasteiger partial charge in [-0.25, -0.2) is 4.79 Å². The number of hydrogen-bond donors (Lipinski definition) is 7. The maximum absolute atomic E-state index is 16.2. The number of phenolic OH excluding ortho intramolecular Hbond substituents is 1. The van der Waals surface area contributed by atoms with Gasteiger partial charge in [0.2, 0.25) is 0 Å². The summed E-state index contributed by atoms with van der Waals surface area (Å²) in [7, 11) is 0. The van der Waals surface area contributed by atoms with Crippen molar-refractivity contribution in [2.24, 2.45) is 29.6 Å². The lowest BCUT2D eigenvalue weighted by Crippen LogP contribution is -2.65. The molecule has 6 fully saturated rings. The molecule has 3 aromatic rings. The number of carbonyl (C=O) groups excluding carboxylic acids is 3. The van der Waals surface area contributed by atoms with Gasteiger partial charge in [-0.15, -0.1) is 0 Å². The number of nitrogens with one attached hydrogen (secondary N) is 1. The van der Waals surface area contributed by atoms with Gasteiger partial charge < -0.3 is 50.2 Å². The first-order chi connectivity index (χ1) is 40.1. The summed E-state index contributed by atoms with van der Waals surface area (Å²) in [5.41, 5.74) is 1.51. The number of aliphatic hydroxyl groups is 5. The van der Waals surface area contributed by atoms with Crippen molar-refractivity contribution in [2.75, 3.05) is 18.5 Å². The van der Waals surface area contributed by atoms with Crippen LogP contribution in [0.2, 0.25) is 0 Å². The summed E-state index contributed by atoms with van der Waals surface area (Å²) in [4.78, 5) is 44.9. The largest absolute Gasteiger partial charge is 0.507 e. The lowest BCUT2D eigenvalue weighted by atomic mass is 9.48. The fourth-order valence-electron chi connectivity index (χ4n) is 17.5. The predicted molar refractivity (Wildman–Crippen MR) is 315 cm³/mol. The Balaban J connectivity index is 1.03. The Morgan fingerprint density at radius 2 is 1.55 bits per heavy atom. The minimum absolute atomic E-state index is 0.0154. The third-order valence-electron chi connectivity index (χ3n) is 22.1. The molecule has 0 radical (unpaired) electrons. The van der Waals surface area contributed by atoms with Crippen LogP contribution in [0.25, 0.3) is 0 Å². The van der Waals surface area contributed by atoms with Crippen LogP contribution in [-0.2, 0) is 48.7 Å². The maximum Gasteiger partial charge on any atom is 0.334 e. The maximum atomic E-state index is 16.2. The molecule has 0 aromatic heterocycles. The molecule has 0 saturated heterocycles. The number of anilines is 1. The molecule has 10 bridgehead atoms. The number of ketones is 1. The molecule has 0 amide bonds. The average molecular weight is 1140 g/mol. The third kappa shape index (κ3) is 11.6. The summed E-state index contributed by atoms with van der Waals surface area (Å²) in [6.07, 6.45) is 17.2. The van der Waals surface area contributed by atoms with E-state index in [0.717, 1.165) is 120 Å². The zero-order valence-corrected chi connectivity index (χ0v) is 48.8. The molecule has 13 nitrogen and oxygen atoms in total. The summed E-state index contributed by atoms with van der Waals surface area (Å²) < 4.78 is 19.5. The summed E-state index contributed by atoms with van der Waals surface area (Å²) in [5.74, 6) is 3.64. The molecule has 0 unspecified atom stereocenters. The van der Waals surface area contributed by atoms with E-state index in [0.29, 0.717) is 71.4 Å². The number of hydrogen-bond acceptors (Lipinski definition) is 13. The predicted octanol–water partition coefficient (Wildman–Crippen LogP) is 10.7. The van der Waals surface area contributed by atoms with Gasteiger partial charge in [0.05, 0.1) is 37.8 Å². The summed E-state index contributed by atoms with van der Waals surface area (Å²) in [5, 5.41) is 77.9. The molecule has 3 heterocycles. The van der Waals surface area contributed by atoms with Crippen molar-refractivity contribution in [1.82, 2.24) is 0 Å². The van der Waals surface area contributed by atoms with Gasteiger partial charge in [-0.3, -0.25) is 9.59 Å². The highest BCUT2D eigenvalue weighted by Crippen LogP contribution is 2.60. The number of rotatable bonds is 10. The highest BCUT2D eigenvalue weighted by Gasteiger charge is 2.62. The van der Waals surface area contributed by atoms with Crippen LogP contribution in [0.3, 0.4) is 0 Å². The molecule has 446 valence electrons. The Bertz CT molecular complexity index is 2990. The topological polar surface area (TPSA) is 212 Å². The van der Waals surface area contributed by atoms with Crippen LogP contribution < -0.4 is 10.1 Å². The van der Waals surface area contributed by atoms with Crippen molar-refractivity contribution < 1.29 is 59.2 Å². The second kappa shape index (κ2) is 24.4. The SMILES string of the molecule is C[C@@](O)(CNc1cc(CO)cc([C@H]2C#C[C@@H]3CC(=O)Oc4c3cc(c(O)c4C3CCCCC3)C[C@H]3OC(=O)/C(=C\[C@H](O)C4(CCCCC4)c4cccc(c4)C[C@H]4C(=O)CC[C@H]5[C@H]4C[C@H]4CCCC[C@@H]4[C@@]35O)C2)c1)[C@H](O)COC1CCCCC1. The number of ether oxygens (including phenoxy) is 3. The first kappa shape index (κ1) is 58.3. The zero-order valence-electron chi connectivity index (χ0n) is 48.8. The molecule has 6 saturated carbocycles. The number of phenols is 1. The van der Waals surface area contributed by atoms with Crippen LogP contribution in [-0.4, -0.2) is 97.1 Å². The van der Waals surface area contributed by atoms with Crippen molar-refractivity contribution in [3.63, 3.8) is 0 Å². The Hall–Kier alpha value is -5.07. The number of fused-ring (bicyclic) bond motifs is 10. The Morgan fingerprint density at radius 1 is 0.819 bits per heavy atom. The Labute approximate surface area is 490 Å². The van der Waals surface area contributed by atoms with E-state index in [2.05, 4.69) is 35.4 Å². The fourth-order valence-corrected chi connectivity index (χ4v) is 17.5. The van der Waals surface area contributed by atoms with Crippen LogP contribution >= 0.6 is 0 Å². The highest BCUT2D eigenvalue weighted by atomic mass is 16.6. The first-order valence-corrected chi connectivity index (χ1v) is 32.2. The van der Waals surface area contributed by atoms with Gasteiger partial charge in [-0.1, -0.05) is 119 Å². The molecule has 13 heteroatoms. The standard InChI is InChI=1S/C70H89NO12/c1-68(79,61(75)40-81-53-19-7-3-8-20-53)41-71-52-30-43(39-72)28-48(33-52)45-22-23-46-38-63(76)83-66-54(46)35-49(65(77)64(66)44-15-5-2-6-16-44)37-62-70(80)57-21-10-9-17-47(57)34-55-56(59(73)25-24-58(55)70)31-42-14-13-18-51(29-42)69(26-11-4-12-27-69)60(74)36-50(32-45)67(78)82-62/h13-14,18,28-30,33,35-36,44-47,53,55-58,60-62,71-72,74-75,77,79-80H,2-12,15-17,19-21,24-27,31-32,34,37-41H2,1H3/b50-36-/t45-,46+,47+,55-,56+,57-,58-,60-,61+,62+,68+,70-/m0/s1. The molecule has 7 N–H and O–H groups in total. The highest BCUT2D eigenvalue weighted by molar-refractivity contribution is 5.89. The van der Waals surface area contributed by atoms with E-state index in [9.17, 15) is 40.2 Å². The van der Waals surface area contributed by atoms with E-state index >= 15 is 4.79 Å². The van der Waals surface area contributed by atoms with Crippen LogP contribution in [0.4, 0.5) is 5.69 Å². The lowest BCUT2D eigenvalue weighted by molar-refractivity contribution is -0.228. The molecule has 12 rings (SSSR count). The molecule has 3 aromatic carbocycles. The lowest BCUT2D eigenvalue weighted by Gasteiger charge is -2.59. The summed E-state index contributed by atoms with van der Waals surface area (Å²) in [6, 6.07) is 15.8. The van der Waals surface area contributed by atoms with Crippen molar-refractivity contribution >= 4 is 23.4 Å². The van der Waals surface area contributed by atoms with Crippen LogP contribution in [0.5, 0.6) is 11.5 Å². The zero-order chi connectivity index (χ0) is 57.6. The van der Waals surface area contributed by atoms with E-state index in [-0.39, 0.29) is 91.8 Å². The van der Waals surface area contributed by atoms with Crippen molar-refractivity contribution in [2.45, 2.75) is 239 Å². The number of aromatic hydroxyl groups is 1. The average Bonchev–Trinajstić information content (AvgIpc) is 2.27. The first-order valence-electron chi connectivity index (χ1n) is 32.2. The number of carbonyl (C=O) groups is 3. The Kier molecular flexibility index (Phi) is 17.1. The Morgan fingerprint density at radius 3 is 2.34 bits per heavy atom. The monoisotopic (exact) mass is 1140 g/mol. The van der Waals surface area contributed by atoms with Gasteiger partial charge in [-0.05, 0) is 159 Å². The van der Waals surface area contributed by atoms with Crippen molar-refractivity contribution in [3.8, 4) is 23.3 Å². The number of esters is 2. The van der Waals surface area contributed by atoms with E-state index in [1.807, 2.05) is 24.3 Å². The molecule has 9 aliphatic rings. The minimum Gasteiger partial charge on any atom is -0.507 e. The van der Waals surface area contributed by atoms with E-state index in [4.69, 9.17) is 14.2 Å². The van der Waals surface area contributed by atoms with Crippen molar-refractivity contribution in [3.05, 3.63) is 99.1 Å². The second-order valence-corrected chi connectivity index (χ2v) is 27.3. The summed E-state index contributed by atoms with van der Waals surface area (Å²) >= 11 is 0. The van der Waals surface area contributed by atoms with Crippen LogP contribution in [0.1, 0.15) is 218 Å². The molecule has 3 aliphatic heterocycles. The van der Waals surface area contributed by atoms with E-state index in [1.165, 1.54) is 6.42 Å². The number of aliphatic hydroxyl groups excluding tert-OH is 3. The quantitative estimate of drug-likeness (QED) is 0.0573. The van der Waals surface area contributed by atoms with Gasteiger partial charge in [0, 0.05) is 59.0 Å². The number of Topliss-reactive ketones (excluding diaryl/α,β-unsaturated/α-hetero) is 1. The van der Waals surface area contributed by atoms with Gasteiger partial charge in [-0.2, -0.15) is 0 Å². The third-order valence-corrected chi connectivity index (χ3v) is 22.1. The minimum atomic E-state index is -1.62. The molecule has 1 spiro atoms. The van der Waals surface area contributed by atoms with Crippen LogP contribution in [0, 0.1) is 41.4 Å². The van der Waals surface area contributed by atoms with Gasteiger partial charge in [0.25, 0.3) is 0 Å². The van der Waals surface area contributed by atoms with Gasteiger partial charge in [0.15, 0.2) is 0 Å². The van der Waals surface area contributed by atoms with Crippen LogP contribution in [0.15, 0.2) is 60.2 Å². The number of benzene rings is 3. The summed E-state index contributed by atoms with van der Waals surface area (Å²) in [6.45, 7) is 1.13. The van der Waals surface area contributed by atoms with Gasteiger partial charge in [0.1, 0.15) is 40.7 Å². The smallest absolute Gasteiger partial charge is 0.334 e. The molecule has 6 aliphatic carbocycles. The molecular formula is C70H89NO12. The van der Waals surface area contributed by atoms with E-state index < -0.39 is 64.6 Å². The molecule has 12 atom stereocenters. The normalized spacial score (nSPS) is 32.9. The van der Waals surface area contributed by atoms with E-state index in [1.54, 1.807) is 19.1 Å². The van der Waals surface area contributed by atoms with Gasteiger partial charge >= 0.3 is 11.9 Å². The molecule has 83 heavy (non-hydrogen) atoms.